The summed E-state index contributed by atoms with van der Waals surface area (Å²) in [7, 11) is 0. The lowest BCUT2D eigenvalue weighted by atomic mass is 10.1. The van der Waals surface area contributed by atoms with Crippen LogP contribution in [0, 0.1) is 0 Å². The Kier molecular flexibility index (Phi) is 6.04. The molecule has 0 saturated carbocycles. The first-order chi connectivity index (χ1) is 9.66. The van der Waals surface area contributed by atoms with Crippen molar-refractivity contribution in [1.82, 2.24) is 4.90 Å². The highest BCUT2D eigenvalue weighted by atomic mass is 35.5. The number of thiocarbonyl (C=S) groups is 1. The molecule has 110 valence electrons. The molecule has 1 aromatic carbocycles. The fourth-order valence-corrected chi connectivity index (χ4v) is 2.58. The van der Waals surface area contributed by atoms with E-state index in [2.05, 4.69) is 10.2 Å². The van der Waals surface area contributed by atoms with Crippen LogP contribution in [0.15, 0.2) is 18.2 Å². The smallest absolute Gasteiger partial charge is 0.106 e. The van der Waals surface area contributed by atoms with Crippen LogP contribution in [-0.2, 0) is 4.74 Å². The van der Waals surface area contributed by atoms with Crippen molar-refractivity contribution in [3.8, 4) is 0 Å². The lowest BCUT2D eigenvalue weighted by Gasteiger charge is -2.26. The Morgan fingerprint density at radius 1 is 1.40 bits per heavy atom. The second-order valence-electron chi connectivity index (χ2n) is 4.79. The van der Waals surface area contributed by atoms with Gasteiger partial charge in [-0.3, -0.25) is 4.90 Å². The first-order valence-electron chi connectivity index (χ1n) is 6.80. The molecule has 0 bridgehead atoms. The molecule has 2 rings (SSSR count). The van der Waals surface area contributed by atoms with E-state index in [1.165, 1.54) is 0 Å². The van der Waals surface area contributed by atoms with Crippen molar-refractivity contribution in [3.63, 3.8) is 0 Å². The molecule has 4 nitrogen and oxygen atoms in total. The first-order valence-corrected chi connectivity index (χ1v) is 7.59. The van der Waals surface area contributed by atoms with Crippen LogP contribution in [0.4, 0.5) is 5.69 Å². The van der Waals surface area contributed by atoms with Gasteiger partial charge in [-0.2, -0.15) is 0 Å². The van der Waals surface area contributed by atoms with Crippen molar-refractivity contribution >= 4 is 34.5 Å². The zero-order valence-corrected chi connectivity index (χ0v) is 13.0. The Morgan fingerprint density at radius 3 is 2.85 bits per heavy atom. The zero-order valence-electron chi connectivity index (χ0n) is 11.4. The number of benzene rings is 1. The lowest BCUT2D eigenvalue weighted by Crippen LogP contribution is -2.37. The summed E-state index contributed by atoms with van der Waals surface area (Å²) in [6.45, 7) is 5.66. The maximum atomic E-state index is 6.01. The molecule has 1 fully saturated rings. The van der Waals surface area contributed by atoms with E-state index >= 15 is 0 Å². The molecular weight excluding hydrogens is 294 g/mol. The summed E-state index contributed by atoms with van der Waals surface area (Å²) >= 11 is 11.1. The number of nitrogens with one attached hydrogen (secondary N) is 1. The largest absolute Gasteiger partial charge is 0.389 e. The van der Waals surface area contributed by atoms with E-state index in [0.29, 0.717) is 10.0 Å². The maximum absolute atomic E-state index is 6.01. The van der Waals surface area contributed by atoms with Crippen LogP contribution < -0.4 is 11.1 Å². The van der Waals surface area contributed by atoms with Crippen molar-refractivity contribution in [3.05, 3.63) is 28.8 Å². The Labute approximate surface area is 130 Å². The van der Waals surface area contributed by atoms with Gasteiger partial charge in [0, 0.05) is 35.9 Å². The van der Waals surface area contributed by atoms with Crippen LogP contribution in [0.2, 0.25) is 5.02 Å². The zero-order chi connectivity index (χ0) is 14.4. The number of morpholine rings is 1. The summed E-state index contributed by atoms with van der Waals surface area (Å²) in [5.74, 6) is 0. The number of anilines is 1. The van der Waals surface area contributed by atoms with Crippen molar-refractivity contribution in [2.24, 2.45) is 5.73 Å². The molecule has 1 aliphatic rings. The summed E-state index contributed by atoms with van der Waals surface area (Å²) < 4.78 is 5.33. The van der Waals surface area contributed by atoms with Gasteiger partial charge < -0.3 is 15.8 Å². The molecule has 20 heavy (non-hydrogen) atoms. The van der Waals surface area contributed by atoms with Gasteiger partial charge in [0.2, 0.25) is 0 Å². The summed E-state index contributed by atoms with van der Waals surface area (Å²) in [6.07, 6.45) is 1.06. The molecule has 0 radical (unpaired) electrons. The summed E-state index contributed by atoms with van der Waals surface area (Å²) in [5.41, 5.74) is 7.46. The van der Waals surface area contributed by atoms with E-state index in [-0.39, 0.29) is 0 Å². The van der Waals surface area contributed by atoms with E-state index < -0.39 is 0 Å². The normalized spacial score (nSPS) is 16.1. The van der Waals surface area contributed by atoms with E-state index in [1.54, 1.807) is 6.07 Å². The van der Waals surface area contributed by atoms with Crippen LogP contribution in [-0.4, -0.2) is 49.3 Å². The summed E-state index contributed by atoms with van der Waals surface area (Å²) in [5, 5.41) is 4.05. The molecular formula is C14H20ClN3OS. The third-order valence-electron chi connectivity index (χ3n) is 3.32. The lowest BCUT2D eigenvalue weighted by molar-refractivity contribution is 0.0378. The standard InChI is InChI=1S/C14H20ClN3OS/c15-11-2-3-12(14(16)20)13(10-11)17-4-1-5-18-6-8-19-9-7-18/h2-3,10,17H,1,4-9H2,(H2,16,20). The number of nitrogens with zero attached hydrogens (tertiary/aromatic N) is 1. The van der Waals surface area contributed by atoms with E-state index in [4.69, 9.17) is 34.3 Å². The monoisotopic (exact) mass is 313 g/mol. The van der Waals surface area contributed by atoms with Gasteiger partial charge in [-0.1, -0.05) is 23.8 Å². The number of hydrogen-bond acceptors (Lipinski definition) is 4. The first kappa shape index (κ1) is 15.5. The number of nitrogens with two attached hydrogens (primary N) is 1. The molecule has 0 spiro atoms. The molecule has 0 unspecified atom stereocenters. The molecule has 3 N–H and O–H groups in total. The van der Waals surface area contributed by atoms with E-state index in [1.807, 2.05) is 12.1 Å². The highest BCUT2D eigenvalue weighted by molar-refractivity contribution is 7.80. The van der Waals surface area contributed by atoms with Crippen molar-refractivity contribution in [2.45, 2.75) is 6.42 Å². The molecule has 1 aliphatic heterocycles. The van der Waals surface area contributed by atoms with Gasteiger partial charge >= 0.3 is 0 Å². The molecule has 1 saturated heterocycles. The van der Waals surface area contributed by atoms with Gasteiger partial charge in [0.1, 0.15) is 4.99 Å². The average molecular weight is 314 g/mol. The number of ether oxygens (including phenoxy) is 1. The fourth-order valence-electron chi connectivity index (χ4n) is 2.23. The average Bonchev–Trinajstić information content (AvgIpc) is 2.44. The van der Waals surface area contributed by atoms with Gasteiger partial charge in [0.25, 0.3) is 0 Å². The number of hydrogen-bond donors (Lipinski definition) is 2. The molecule has 0 aromatic heterocycles. The third kappa shape index (κ3) is 4.59. The Morgan fingerprint density at radius 2 is 2.15 bits per heavy atom. The quantitative estimate of drug-likeness (QED) is 0.622. The van der Waals surface area contributed by atoms with Gasteiger partial charge in [-0.25, -0.2) is 0 Å². The maximum Gasteiger partial charge on any atom is 0.106 e. The van der Waals surface area contributed by atoms with Gasteiger partial charge in [-0.15, -0.1) is 0 Å². The minimum absolute atomic E-state index is 0.386. The molecule has 0 atom stereocenters. The molecule has 0 amide bonds. The number of halogens is 1. The van der Waals surface area contributed by atoms with Crippen LogP contribution in [0.25, 0.3) is 0 Å². The second kappa shape index (κ2) is 7.78. The van der Waals surface area contributed by atoms with Crippen molar-refractivity contribution in [2.75, 3.05) is 44.7 Å². The van der Waals surface area contributed by atoms with Gasteiger partial charge in [-0.05, 0) is 31.2 Å². The van der Waals surface area contributed by atoms with Gasteiger partial charge in [0.05, 0.1) is 13.2 Å². The topological polar surface area (TPSA) is 50.5 Å². The Bertz CT molecular complexity index is 464. The van der Waals surface area contributed by atoms with Crippen molar-refractivity contribution in [1.29, 1.82) is 0 Å². The molecule has 6 heteroatoms. The number of rotatable bonds is 6. The Balaban J connectivity index is 1.81. The summed E-state index contributed by atoms with van der Waals surface area (Å²) in [6, 6.07) is 5.52. The molecule has 1 aromatic rings. The summed E-state index contributed by atoms with van der Waals surface area (Å²) in [4.78, 5) is 2.80. The molecule has 1 heterocycles. The highest BCUT2D eigenvalue weighted by Gasteiger charge is 2.10. The third-order valence-corrected chi connectivity index (χ3v) is 3.77. The van der Waals surface area contributed by atoms with Crippen LogP contribution in [0.5, 0.6) is 0 Å². The fraction of sp³-hybridized carbons (Fsp3) is 0.500. The van der Waals surface area contributed by atoms with E-state index in [0.717, 1.165) is 57.1 Å². The predicted octanol–water partition coefficient (Wildman–Crippen LogP) is 2.11. The molecule has 0 aliphatic carbocycles. The van der Waals surface area contributed by atoms with Gasteiger partial charge in [0.15, 0.2) is 0 Å². The minimum Gasteiger partial charge on any atom is -0.389 e. The highest BCUT2D eigenvalue weighted by Crippen LogP contribution is 2.21. The van der Waals surface area contributed by atoms with Crippen molar-refractivity contribution < 1.29 is 4.74 Å². The van der Waals surface area contributed by atoms with Crippen LogP contribution in [0.3, 0.4) is 0 Å². The minimum atomic E-state index is 0.386. The second-order valence-corrected chi connectivity index (χ2v) is 5.66. The predicted molar refractivity (Wildman–Crippen MR) is 87.7 cm³/mol. The van der Waals surface area contributed by atoms with Crippen LogP contribution >= 0.6 is 23.8 Å². The SMILES string of the molecule is NC(=S)c1ccc(Cl)cc1NCCCN1CCOCC1. The van der Waals surface area contributed by atoms with E-state index in [9.17, 15) is 0 Å². The van der Waals surface area contributed by atoms with Crippen LogP contribution in [0.1, 0.15) is 12.0 Å². The Hall–Kier alpha value is -0.880.